The number of amides is 3. The van der Waals surface area contributed by atoms with E-state index in [0.29, 0.717) is 30.3 Å². The summed E-state index contributed by atoms with van der Waals surface area (Å²) in [5, 5.41) is 4.71. The fourth-order valence-electron chi connectivity index (χ4n) is 5.34. The van der Waals surface area contributed by atoms with Crippen molar-refractivity contribution < 1.29 is 23.9 Å². The molecule has 1 aliphatic heterocycles. The Morgan fingerprint density at radius 3 is 2.45 bits per heavy atom. The Kier molecular flexibility index (Phi) is 5.15. The highest BCUT2D eigenvalue weighted by Gasteiger charge is 2.56. The number of rotatable bonds is 4. The number of hydrogen-bond donors (Lipinski definition) is 1. The zero-order chi connectivity index (χ0) is 22.4. The third-order valence-corrected chi connectivity index (χ3v) is 6.16. The van der Waals surface area contributed by atoms with Crippen molar-refractivity contribution in [1.82, 2.24) is 10.2 Å². The van der Waals surface area contributed by atoms with Crippen molar-refractivity contribution in [2.75, 3.05) is 13.7 Å². The van der Waals surface area contributed by atoms with Gasteiger partial charge in [-0.25, -0.2) is 9.59 Å². The standard InChI is InChI=1S/C24H28N2O5/c1-15-11-23(2,3)14-24(12-15)21(28)26(22(29)25-24)13-20(27)31-19-8-6-16-5-7-18(30-4)9-17(16)10-19/h5-10,15H,11-14H2,1-4H3,(H,25,29). The summed E-state index contributed by atoms with van der Waals surface area (Å²) in [7, 11) is 1.59. The molecule has 1 saturated heterocycles. The summed E-state index contributed by atoms with van der Waals surface area (Å²) in [5.74, 6) is 0.350. The summed E-state index contributed by atoms with van der Waals surface area (Å²) in [5.41, 5.74) is -0.999. The largest absolute Gasteiger partial charge is 0.497 e. The minimum absolute atomic E-state index is 0.0662. The van der Waals surface area contributed by atoms with Gasteiger partial charge >= 0.3 is 12.0 Å². The molecule has 2 unspecified atom stereocenters. The third kappa shape index (κ3) is 4.09. The number of nitrogens with zero attached hydrogens (tertiary/aromatic N) is 1. The molecule has 3 amide bonds. The van der Waals surface area contributed by atoms with Gasteiger partial charge in [0.25, 0.3) is 5.91 Å². The molecule has 2 aromatic rings. The van der Waals surface area contributed by atoms with Crippen LogP contribution in [0.25, 0.3) is 10.8 Å². The van der Waals surface area contributed by atoms with Crippen LogP contribution in [0.1, 0.15) is 40.0 Å². The summed E-state index contributed by atoms with van der Waals surface area (Å²) < 4.78 is 10.7. The molecule has 2 atom stereocenters. The molecule has 7 heteroatoms. The van der Waals surface area contributed by atoms with Crippen LogP contribution < -0.4 is 14.8 Å². The second-order valence-electron chi connectivity index (χ2n) is 9.61. The predicted molar refractivity (Wildman–Crippen MR) is 116 cm³/mol. The Balaban J connectivity index is 1.48. The number of nitrogens with one attached hydrogen (secondary N) is 1. The second-order valence-corrected chi connectivity index (χ2v) is 9.61. The van der Waals surface area contributed by atoms with Crippen LogP contribution in [0.5, 0.6) is 11.5 Å². The molecule has 7 nitrogen and oxygen atoms in total. The summed E-state index contributed by atoms with van der Waals surface area (Å²) in [4.78, 5) is 39.3. The maximum absolute atomic E-state index is 13.2. The van der Waals surface area contributed by atoms with Gasteiger partial charge in [0, 0.05) is 0 Å². The average molecular weight is 424 g/mol. The lowest BCUT2D eigenvalue weighted by atomic mass is 9.64. The first kappa shape index (κ1) is 21.2. The molecule has 0 aromatic heterocycles. The quantitative estimate of drug-likeness (QED) is 0.457. The lowest BCUT2D eigenvalue weighted by Crippen LogP contribution is -2.54. The molecular formula is C24H28N2O5. The predicted octanol–water partition coefficient (Wildman–Crippen LogP) is 3.89. The monoisotopic (exact) mass is 424 g/mol. The van der Waals surface area contributed by atoms with E-state index in [1.165, 1.54) is 0 Å². The van der Waals surface area contributed by atoms with Crippen molar-refractivity contribution in [3.05, 3.63) is 36.4 Å². The molecule has 4 rings (SSSR count). The Hall–Kier alpha value is -3.09. The first-order valence-corrected chi connectivity index (χ1v) is 10.5. The number of methoxy groups -OCH3 is 1. The van der Waals surface area contributed by atoms with E-state index in [2.05, 4.69) is 26.1 Å². The van der Waals surface area contributed by atoms with Crippen LogP contribution in [0, 0.1) is 11.3 Å². The van der Waals surface area contributed by atoms with E-state index in [9.17, 15) is 14.4 Å². The summed E-state index contributed by atoms with van der Waals surface area (Å²) in [6.07, 6.45) is 2.14. The molecule has 0 bridgehead atoms. The van der Waals surface area contributed by atoms with E-state index in [0.717, 1.165) is 22.1 Å². The molecule has 1 N–H and O–H groups in total. The Bertz CT molecular complexity index is 1060. The van der Waals surface area contributed by atoms with Crippen molar-refractivity contribution in [2.24, 2.45) is 11.3 Å². The van der Waals surface area contributed by atoms with Gasteiger partial charge in [-0.1, -0.05) is 32.9 Å². The van der Waals surface area contributed by atoms with Crippen LogP contribution >= 0.6 is 0 Å². The van der Waals surface area contributed by atoms with Gasteiger partial charge in [-0.3, -0.25) is 9.69 Å². The van der Waals surface area contributed by atoms with Gasteiger partial charge in [0.2, 0.25) is 0 Å². The maximum atomic E-state index is 13.2. The van der Waals surface area contributed by atoms with E-state index in [-0.39, 0.29) is 11.3 Å². The molecule has 0 radical (unpaired) electrons. The van der Waals surface area contributed by atoms with Crippen molar-refractivity contribution in [3.63, 3.8) is 0 Å². The fraction of sp³-hybridized carbons (Fsp3) is 0.458. The number of imide groups is 1. The molecule has 1 spiro atoms. The summed E-state index contributed by atoms with van der Waals surface area (Å²) in [6.45, 7) is 5.89. The molecule has 31 heavy (non-hydrogen) atoms. The lowest BCUT2D eigenvalue weighted by molar-refractivity contribution is -0.142. The normalized spacial score (nSPS) is 25.0. The number of hydrogen-bond acceptors (Lipinski definition) is 5. The van der Waals surface area contributed by atoms with Crippen molar-refractivity contribution in [3.8, 4) is 11.5 Å². The van der Waals surface area contributed by atoms with Gasteiger partial charge < -0.3 is 14.8 Å². The third-order valence-electron chi connectivity index (χ3n) is 6.16. The van der Waals surface area contributed by atoms with E-state index >= 15 is 0 Å². The highest BCUT2D eigenvalue weighted by atomic mass is 16.5. The smallest absolute Gasteiger partial charge is 0.331 e. The molecule has 2 aliphatic rings. The maximum Gasteiger partial charge on any atom is 0.331 e. The first-order valence-electron chi connectivity index (χ1n) is 10.5. The van der Waals surface area contributed by atoms with Gasteiger partial charge in [-0.05, 0) is 65.6 Å². The topological polar surface area (TPSA) is 84.9 Å². The van der Waals surface area contributed by atoms with Crippen LogP contribution in [0.4, 0.5) is 4.79 Å². The minimum atomic E-state index is -0.933. The highest BCUT2D eigenvalue weighted by Crippen LogP contribution is 2.46. The minimum Gasteiger partial charge on any atom is -0.497 e. The number of carbonyl (C=O) groups excluding carboxylic acids is 3. The number of carbonyl (C=O) groups is 3. The SMILES string of the molecule is COc1ccc2ccc(OC(=O)CN3C(=O)NC4(CC(C)CC(C)(C)C4)C3=O)cc2c1. The molecule has 1 aliphatic carbocycles. The van der Waals surface area contributed by atoms with Crippen LogP contribution in [0.3, 0.4) is 0 Å². The Morgan fingerprint density at radius 2 is 1.77 bits per heavy atom. The fourth-order valence-corrected chi connectivity index (χ4v) is 5.34. The van der Waals surface area contributed by atoms with E-state index in [4.69, 9.17) is 9.47 Å². The first-order chi connectivity index (χ1) is 14.6. The highest BCUT2D eigenvalue weighted by molar-refractivity contribution is 6.09. The van der Waals surface area contributed by atoms with E-state index in [1.807, 2.05) is 24.3 Å². The van der Waals surface area contributed by atoms with Crippen molar-refractivity contribution in [2.45, 2.75) is 45.6 Å². The lowest BCUT2D eigenvalue weighted by Gasteiger charge is -2.43. The van der Waals surface area contributed by atoms with Gasteiger partial charge in [0.15, 0.2) is 0 Å². The van der Waals surface area contributed by atoms with E-state index < -0.39 is 24.1 Å². The molecule has 2 fully saturated rings. The Labute approximate surface area is 181 Å². The molecule has 1 saturated carbocycles. The van der Waals surface area contributed by atoms with Crippen LogP contribution in [-0.4, -0.2) is 42.0 Å². The zero-order valence-electron chi connectivity index (χ0n) is 18.4. The van der Waals surface area contributed by atoms with Gasteiger partial charge in [-0.2, -0.15) is 0 Å². The molecule has 2 aromatic carbocycles. The summed E-state index contributed by atoms with van der Waals surface area (Å²) >= 11 is 0. The molecule has 1 heterocycles. The average Bonchev–Trinajstić information content (AvgIpc) is 2.89. The molecule has 164 valence electrons. The van der Waals surface area contributed by atoms with Crippen LogP contribution in [0.15, 0.2) is 36.4 Å². The van der Waals surface area contributed by atoms with Gasteiger partial charge in [0.05, 0.1) is 7.11 Å². The van der Waals surface area contributed by atoms with Gasteiger partial charge in [-0.15, -0.1) is 0 Å². The van der Waals surface area contributed by atoms with Crippen molar-refractivity contribution in [1.29, 1.82) is 0 Å². The second kappa shape index (κ2) is 7.55. The zero-order valence-corrected chi connectivity index (χ0v) is 18.4. The number of ether oxygens (including phenoxy) is 2. The van der Waals surface area contributed by atoms with Crippen molar-refractivity contribution >= 4 is 28.7 Å². The number of esters is 1. The summed E-state index contributed by atoms with van der Waals surface area (Å²) in [6, 6.07) is 10.3. The van der Waals surface area contributed by atoms with E-state index in [1.54, 1.807) is 19.2 Å². The van der Waals surface area contributed by atoms with Gasteiger partial charge in [0.1, 0.15) is 23.6 Å². The molecular weight excluding hydrogens is 396 g/mol. The number of benzene rings is 2. The Morgan fingerprint density at radius 1 is 1.10 bits per heavy atom. The number of fused-ring (bicyclic) bond motifs is 1. The number of urea groups is 1. The van der Waals surface area contributed by atoms with Crippen LogP contribution in [0.2, 0.25) is 0 Å². The van der Waals surface area contributed by atoms with Crippen LogP contribution in [-0.2, 0) is 9.59 Å².